The van der Waals surface area contributed by atoms with E-state index >= 15 is 0 Å². The van der Waals surface area contributed by atoms with E-state index in [2.05, 4.69) is 19.9 Å². The standard InChI is InChI=1S/C15H17N5/c16-15-13-4-6-17-10-12(13)2-3-14(15)19-5-1-8-20-9-7-18-11-20/h2-4,6-7,9-11,19H,1,5,8,16H2. The number of aromatic nitrogens is 3. The molecule has 0 atom stereocenters. The summed E-state index contributed by atoms with van der Waals surface area (Å²) in [6, 6.07) is 5.99. The number of nitrogen functional groups attached to an aromatic ring is 1. The Kier molecular flexibility index (Phi) is 3.50. The van der Waals surface area contributed by atoms with Crippen molar-refractivity contribution >= 4 is 22.1 Å². The predicted molar refractivity (Wildman–Crippen MR) is 81.5 cm³/mol. The number of benzene rings is 1. The molecule has 3 aromatic rings. The Hall–Kier alpha value is -2.56. The van der Waals surface area contributed by atoms with E-state index in [-0.39, 0.29) is 0 Å². The van der Waals surface area contributed by atoms with Crippen molar-refractivity contribution in [3.8, 4) is 0 Å². The number of nitrogens with zero attached hydrogens (tertiary/aromatic N) is 3. The van der Waals surface area contributed by atoms with Crippen LogP contribution in [0.15, 0.2) is 49.3 Å². The lowest BCUT2D eigenvalue weighted by Gasteiger charge is -2.11. The number of anilines is 2. The van der Waals surface area contributed by atoms with Gasteiger partial charge in [0, 0.05) is 48.6 Å². The second kappa shape index (κ2) is 5.61. The van der Waals surface area contributed by atoms with Crippen molar-refractivity contribution in [3.05, 3.63) is 49.3 Å². The molecule has 5 heteroatoms. The molecule has 0 bridgehead atoms. The van der Waals surface area contributed by atoms with Crippen LogP contribution in [0.2, 0.25) is 0 Å². The van der Waals surface area contributed by atoms with Crippen LogP contribution >= 0.6 is 0 Å². The summed E-state index contributed by atoms with van der Waals surface area (Å²) in [4.78, 5) is 8.13. The minimum atomic E-state index is 0.785. The van der Waals surface area contributed by atoms with Gasteiger partial charge in [-0.25, -0.2) is 4.98 Å². The van der Waals surface area contributed by atoms with Crippen LogP contribution in [-0.4, -0.2) is 21.1 Å². The van der Waals surface area contributed by atoms with Crippen LogP contribution < -0.4 is 11.1 Å². The Bertz CT molecular complexity index is 691. The normalized spacial score (nSPS) is 10.8. The number of hydrogen-bond acceptors (Lipinski definition) is 4. The average Bonchev–Trinajstić information content (AvgIpc) is 2.99. The van der Waals surface area contributed by atoms with Gasteiger partial charge in [-0.05, 0) is 18.6 Å². The smallest absolute Gasteiger partial charge is 0.0945 e. The zero-order chi connectivity index (χ0) is 13.8. The van der Waals surface area contributed by atoms with Gasteiger partial charge >= 0.3 is 0 Å². The SMILES string of the molecule is Nc1c(NCCCn2ccnc2)ccc2cnccc12. The van der Waals surface area contributed by atoms with E-state index in [1.54, 1.807) is 12.4 Å². The molecule has 102 valence electrons. The van der Waals surface area contributed by atoms with Crippen molar-refractivity contribution in [2.75, 3.05) is 17.6 Å². The monoisotopic (exact) mass is 267 g/mol. The molecule has 0 radical (unpaired) electrons. The van der Waals surface area contributed by atoms with Gasteiger partial charge in [0.15, 0.2) is 0 Å². The van der Waals surface area contributed by atoms with E-state index in [1.165, 1.54) is 0 Å². The summed E-state index contributed by atoms with van der Waals surface area (Å²) in [7, 11) is 0. The molecule has 0 saturated heterocycles. The fourth-order valence-corrected chi connectivity index (χ4v) is 2.25. The van der Waals surface area contributed by atoms with Crippen LogP contribution in [0.3, 0.4) is 0 Å². The van der Waals surface area contributed by atoms with Gasteiger partial charge in [-0.2, -0.15) is 0 Å². The van der Waals surface area contributed by atoms with Crippen LogP contribution in [0.1, 0.15) is 6.42 Å². The first-order valence-corrected chi connectivity index (χ1v) is 6.66. The highest BCUT2D eigenvalue weighted by atomic mass is 15.0. The van der Waals surface area contributed by atoms with Crippen LogP contribution in [0.25, 0.3) is 10.8 Å². The summed E-state index contributed by atoms with van der Waals surface area (Å²) in [6.45, 7) is 1.82. The Morgan fingerprint density at radius 2 is 2.10 bits per heavy atom. The molecule has 0 aliphatic carbocycles. The number of nitrogens with two attached hydrogens (primary N) is 1. The van der Waals surface area contributed by atoms with Crippen molar-refractivity contribution < 1.29 is 0 Å². The molecule has 20 heavy (non-hydrogen) atoms. The first kappa shape index (κ1) is 12.5. The number of aryl methyl sites for hydroxylation is 1. The fourth-order valence-electron chi connectivity index (χ4n) is 2.25. The van der Waals surface area contributed by atoms with Gasteiger partial charge in [-0.15, -0.1) is 0 Å². The van der Waals surface area contributed by atoms with Crippen LogP contribution in [0, 0.1) is 0 Å². The molecule has 5 nitrogen and oxygen atoms in total. The lowest BCUT2D eigenvalue weighted by Crippen LogP contribution is -2.07. The zero-order valence-corrected chi connectivity index (χ0v) is 11.2. The summed E-state index contributed by atoms with van der Waals surface area (Å²) >= 11 is 0. The maximum absolute atomic E-state index is 6.19. The third-order valence-electron chi connectivity index (χ3n) is 3.33. The molecule has 1 aromatic carbocycles. The number of nitrogens with one attached hydrogen (secondary N) is 1. The van der Waals surface area contributed by atoms with Crippen molar-refractivity contribution in [2.24, 2.45) is 0 Å². The quantitative estimate of drug-likeness (QED) is 0.550. The van der Waals surface area contributed by atoms with Gasteiger partial charge in [0.2, 0.25) is 0 Å². The molecule has 0 unspecified atom stereocenters. The Balaban J connectivity index is 1.64. The zero-order valence-electron chi connectivity index (χ0n) is 11.2. The fraction of sp³-hybridized carbons (Fsp3) is 0.200. The Labute approximate surface area is 117 Å². The molecule has 0 spiro atoms. The van der Waals surface area contributed by atoms with Crippen molar-refractivity contribution in [1.29, 1.82) is 0 Å². The minimum absolute atomic E-state index is 0.785. The molecule has 3 rings (SSSR count). The predicted octanol–water partition coefficient (Wildman–Crippen LogP) is 2.52. The van der Waals surface area contributed by atoms with Gasteiger partial charge in [-0.3, -0.25) is 4.98 Å². The minimum Gasteiger partial charge on any atom is -0.397 e. The maximum Gasteiger partial charge on any atom is 0.0945 e. The van der Waals surface area contributed by atoms with E-state index in [4.69, 9.17) is 5.73 Å². The Morgan fingerprint density at radius 3 is 2.95 bits per heavy atom. The Morgan fingerprint density at radius 1 is 1.15 bits per heavy atom. The second-order valence-electron chi connectivity index (χ2n) is 4.70. The molecular formula is C15H17N5. The van der Waals surface area contributed by atoms with Gasteiger partial charge in [0.1, 0.15) is 0 Å². The second-order valence-corrected chi connectivity index (χ2v) is 4.70. The number of pyridine rings is 1. The number of hydrogen-bond donors (Lipinski definition) is 2. The lowest BCUT2D eigenvalue weighted by molar-refractivity contribution is 0.661. The van der Waals surface area contributed by atoms with E-state index < -0.39 is 0 Å². The topological polar surface area (TPSA) is 68.8 Å². The first-order valence-electron chi connectivity index (χ1n) is 6.66. The van der Waals surface area contributed by atoms with E-state index in [9.17, 15) is 0 Å². The van der Waals surface area contributed by atoms with Crippen LogP contribution in [0.5, 0.6) is 0 Å². The average molecular weight is 267 g/mol. The van der Waals surface area contributed by atoms with Gasteiger partial charge in [0.25, 0.3) is 0 Å². The van der Waals surface area contributed by atoms with Gasteiger partial charge in [-0.1, -0.05) is 6.07 Å². The molecule has 2 aromatic heterocycles. The third-order valence-corrected chi connectivity index (χ3v) is 3.33. The van der Waals surface area contributed by atoms with Gasteiger partial charge in [0.05, 0.1) is 17.7 Å². The molecule has 0 saturated carbocycles. The molecule has 2 heterocycles. The van der Waals surface area contributed by atoms with Crippen LogP contribution in [0.4, 0.5) is 11.4 Å². The van der Waals surface area contributed by atoms with Crippen molar-refractivity contribution in [2.45, 2.75) is 13.0 Å². The summed E-state index contributed by atoms with van der Waals surface area (Å²) in [6.07, 6.45) is 10.2. The number of fused-ring (bicyclic) bond motifs is 1. The molecule has 0 fully saturated rings. The number of imidazole rings is 1. The summed E-state index contributed by atoms with van der Waals surface area (Å²) in [5.41, 5.74) is 7.96. The van der Waals surface area contributed by atoms with Crippen molar-refractivity contribution in [1.82, 2.24) is 14.5 Å². The van der Waals surface area contributed by atoms with E-state index in [1.807, 2.05) is 36.9 Å². The summed E-state index contributed by atoms with van der Waals surface area (Å²) < 4.78 is 2.07. The highest BCUT2D eigenvalue weighted by molar-refractivity contribution is 5.98. The third kappa shape index (κ3) is 2.56. The summed E-state index contributed by atoms with van der Waals surface area (Å²) in [5, 5.41) is 5.49. The molecular weight excluding hydrogens is 250 g/mol. The molecule has 0 aliphatic heterocycles. The van der Waals surface area contributed by atoms with Gasteiger partial charge < -0.3 is 15.6 Å². The van der Waals surface area contributed by atoms with Crippen molar-refractivity contribution in [3.63, 3.8) is 0 Å². The first-order chi connectivity index (χ1) is 9.84. The number of rotatable bonds is 5. The molecule has 0 amide bonds. The summed E-state index contributed by atoms with van der Waals surface area (Å²) in [5.74, 6) is 0. The lowest BCUT2D eigenvalue weighted by atomic mass is 10.1. The molecule has 3 N–H and O–H groups in total. The van der Waals surface area contributed by atoms with E-state index in [0.29, 0.717) is 0 Å². The van der Waals surface area contributed by atoms with E-state index in [0.717, 1.165) is 41.7 Å². The maximum atomic E-state index is 6.19. The highest BCUT2D eigenvalue weighted by Gasteiger charge is 2.03. The largest absolute Gasteiger partial charge is 0.397 e. The highest BCUT2D eigenvalue weighted by Crippen LogP contribution is 2.27. The van der Waals surface area contributed by atoms with Crippen LogP contribution in [-0.2, 0) is 6.54 Å². The molecule has 0 aliphatic rings.